The molecule has 1 N–H and O–H groups in total. The molecule has 4 rings (SSSR count). The molecule has 2 aliphatic heterocycles. The highest BCUT2D eigenvalue weighted by molar-refractivity contribution is 7.97. The van der Waals surface area contributed by atoms with Crippen molar-refractivity contribution >= 4 is 23.6 Å². The molecule has 7 nitrogen and oxygen atoms in total. The molecule has 1 fully saturated rings. The van der Waals surface area contributed by atoms with E-state index in [1.807, 2.05) is 29.0 Å². The van der Waals surface area contributed by atoms with Gasteiger partial charge in [-0.05, 0) is 31.2 Å². The maximum absolute atomic E-state index is 12.9. The van der Waals surface area contributed by atoms with Crippen LogP contribution in [0.2, 0.25) is 0 Å². The third-order valence-electron chi connectivity index (χ3n) is 5.90. The summed E-state index contributed by atoms with van der Waals surface area (Å²) >= 11 is 1.66. The highest BCUT2D eigenvalue weighted by Crippen LogP contribution is 2.42. The predicted molar refractivity (Wildman–Crippen MR) is 107 cm³/mol. The van der Waals surface area contributed by atoms with Crippen molar-refractivity contribution in [1.29, 1.82) is 0 Å². The fourth-order valence-corrected chi connectivity index (χ4v) is 4.93. The Labute approximate surface area is 168 Å². The highest BCUT2D eigenvalue weighted by atomic mass is 32.2. The number of H-pyrrole nitrogens is 1. The first-order valence-corrected chi connectivity index (χ1v) is 11.2. The molecule has 2 aliphatic rings. The van der Waals surface area contributed by atoms with E-state index in [2.05, 4.69) is 9.97 Å². The topological polar surface area (TPSA) is 82.4 Å². The van der Waals surface area contributed by atoms with Gasteiger partial charge in [-0.25, -0.2) is 4.98 Å². The number of rotatable bonds is 4. The molecule has 0 saturated carbocycles. The van der Waals surface area contributed by atoms with Crippen LogP contribution in [0.25, 0.3) is 0 Å². The summed E-state index contributed by atoms with van der Waals surface area (Å²) in [5.74, 6) is 2.05. The van der Waals surface area contributed by atoms with E-state index in [1.165, 1.54) is 0 Å². The van der Waals surface area contributed by atoms with E-state index in [0.717, 1.165) is 29.3 Å². The third kappa shape index (κ3) is 3.13. The molecule has 28 heavy (non-hydrogen) atoms. The highest BCUT2D eigenvalue weighted by Gasteiger charge is 2.48. The van der Waals surface area contributed by atoms with E-state index in [-0.39, 0.29) is 11.8 Å². The van der Waals surface area contributed by atoms with E-state index in [9.17, 15) is 9.59 Å². The van der Waals surface area contributed by atoms with Crippen molar-refractivity contribution in [3.63, 3.8) is 0 Å². The number of aromatic nitrogens is 2. The lowest BCUT2D eigenvalue weighted by Crippen LogP contribution is -2.58. The standard InChI is InChI=1S/C20H26N4O3S/c1-3-17(25)24-9-6-15-18(22-13-21-15)20(24)7-10-23(11-8-20)19(26)16-5-4-14(27-16)12-28-2/h4-5,13H,3,6-12H2,1-2H3,(H,21,22). The zero-order valence-electron chi connectivity index (χ0n) is 16.4. The molecule has 150 valence electrons. The minimum absolute atomic E-state index is 0.0753. The van der Waals surface area contributed by atoms with Crippen molar-refractivity contribution in [3.05, 3.63) is 41.4 Å². The summed E-state index contributed by atoms with van der Waals surface area (Å²) in [6.45, 7) is 3.76. The third-order valence-corrected chi connectivity index (χ3v) is 6.47. The lowest BCUT2D eigenvalue weighted by atomic mass is 9.78. The van der Waals surface area contributed by atoms with Crippen molar-refractivity contribution in [2.75, 3.05) is 25.9 Å². The molecule has 2 aromatic heterocycles. The molecule has 8 heteroatoms. The number of thioether (sulfide) groups is 1. The molecular weight excluding hydrogens is 376 g/mol. The van der Waals surface area contributed by atoms with Crippen LogP contribution in [0, 0.1) is 0 Å². The lowest BCUT2D eigenvalue weighted by molar-refractivity contribution is -0.141. The van der Waals surface area contributed by atoms with Gasteiger partial charge in [0.1, 0.15) is 5.76 Å². The Balaban J connectivity index is 1.54. The molecule has 1 saturated heterocycles. The summed E-state index contributed by atoms with van der Waals surface area (Å²) in [7, 11) is 0. The second-order valence-electron chi connectivity index (χ2n) is 7.40. The van der Waals surface area contributed by atoms with Crippen LogP contribution in [-0.4, -0.2) is 57.5 Å². The average molecular weight is 403 g/mol. The quantitative estimate of drug-likeness (QED) is 0.850. The van der Waals surface area contributed by atoms with E-state index in [4.69, 9.17) is 4.42 Å². The maximum atomic E-state index is 12.9. The van der Waals surface area contributed by atoms with Crippen molar-refractivity contribution in [3.8, 4) is 0 Å². The number of nitrogens with zero attached hydrogens (tertiary/aromatic N) is 3. The number of carbonyl (C=O) groups excluding carboxylic acids is 2. The fraction of sp³-hybridized carbons (Fsp3) is 0.550. The van der Waals surface area contributed by atoms with Gasteiger partial charge in [0.15, 0.2) is 5.76 Å². The second-order valence-corrected chi connectivity index (χ2v) is 8.27. The SMILES string of the molecule is CCC(=O)N1CCc2[nH]cnc2C12CCN(C(=O)c1ccc(CSC)o1)CC2. The molecule has 0 atom stereocenters. The van der Waals surface area contributed by atoms with Gasteiger partial charge in [-0.1, -0.05) is 6.92 Å². The Morgan fingerprint density at radius 1 is 1.29 bits per heavy atom. The maximum Gasteiger partial charge on any atom is 0.289 e. The number of nitrogens with one attached hydrogen (secondary N) is 1. The molecule has 1 spiro atoms. The van der Waals surface area contributed by atoms with Gasteiger partial charge in [0.25, 0.3) is 5.91 Å². The van der Waals surface area contributed by atoms with Crippen LogP contribution in [0.15, 0.2) is 22.9 Å². The largest absolute Gasteiger partial charge is 0.455 e. The molecular formula is C20H26N4O3S. The second kappa shape index (κ2) is 7.66. The van der Waals surface area contributed by atoms with E-state index in [0.29, 0.717) is 44.7 Å². The monoisotopic (exact) mass is 402 g/mol. The van der Waals surface area contributed by atoms with Gasteiger partial charge in [-0.15, -0.1) is 0 Å². The molecule has 2 aromatic rings. The Bertz CT molecular complexity index is 866. The van der Waals surface area contributed by atoms with Crippen LogP contribution >= 0.6 is 11.8 Å². The van der Waals surface area contributed by atoms with Crippen LogP contribution < -0.4 is 0 Å². The van der Waals surface area contributed by atoms with E-state index < -0.39 is 5.54 Å². The molecule has 0 radical (unpaired) electrons. The summed E-state index contributed by atoms with van der Waals surface area (Å²) < 4.78 is 5.70. The number of carbonyl (C=O) groups is 2. The normalized spacial score (nSPS) is 18.4. The first kappa shape index (κ1) is 19.1. The zero-order valence-corrected chi connectivity index (χ0v) is 17.2. The molecule has 0 unspecified atom stereocenters. The minimum atomic E-state index is -0.412. The Morgan fingerprint density at radius 2 is 2.07 bits per heavy atom. The number of likely N-dealkylation sites (tertiary alicyclic amines) is 1. The van der Waals surface area contributed by atoms with Crippen molar-refractivity contribution in [2.24, 2.45) is 0 Å². The summed E-state index contributed by atoms with van der Waals surface area (Å²) in [5.41, 5.74) is 1.69. The van der Waals surface area contributed by atoms with Crippen molar-refractivity contribution in [2.45, 2.75) is 43.9 Å². The Morgan fingerprint density at radius 3 is 2.79 bits per heavy atom. The minimum Gasteiger partial charge on any atom is -0.455 e. The number of hydrogen-bond acceptors (Lipinski definition) is 5. The zero-order chi connectivity index (χ0) is 19.7. The molecule has 0 aromatic carbocycles. The molecule has 0 aliphatic carbocycles. The Kier molecular flexibility index (Phi) is 5.23. The van der Waals surface area contributed by atoms with Crippen molar-refractivity contribution in [1.82, 2.24) is 19.8 Å². The van der Waals surface area contributed by atoms with Crippen LogP contribution in [-0.2, 0) is 22.5 Å². The van der Waals surface area contributed by atoms with Gasteiger partial charge in [0.2, 0.25) is 5.91 Å². The van der Waals surface area contributed by atoms with Gasteiger partial charge in [0.05, 0.1) is 23.3 Å². The number of fused-ring (bicyclic) bond motifs is 2. The van der Waals surface area contributed by atoms with E-state index >= 15 is 0 Å². The Hall–Kier alpha value is -2.22. The summed E-state index contributed by atoms with van der Waals surface area (Å²) in [6, 6.07) is 3.63. The number of aromatic amines is 1. The van der Waals surface area contributed by atoms with Crippen LogP contribution in [0.1, 0.15) is 53.9 Å². The van der Waals surface area contributed by atoms with Crippen molar-refractivity contribution < 1.29 is 14.0 Å². The fourth-order valence-electron chi connectivity index (χ4n) is 4.49. The van der Waals surface area contributed by atoms with Gasteiger partial charge in [0, 0.05) is 38.2 Å². The molecule has 0 bridgehead atoms. The molecule has 4 heterocycles. The number of piperidine rings is 1. The van der Waals surface area contributed by atoms with Gasteiger partial charge in [-0.3, -0.25) is 9.59 Å². The smallest absolute Gasteiger partial charge is 0.289 e. The predicted octanol–water partition coefficient (Wildman–Crippen LogP) is 2.79. The average Bonchev–Trinajstić information content (AvgIpc) is 3.38. The number of amides is 2. The van der Waals surface area contributed by atoms with Crippen LogP contribution in [0.4, 0.5) is 0 Å². The summed E-state index contributed by atoms with van der Waals surface area (Å²) in [4.78, 5) is 37.2. The number of imidazole rings is 1. The summed E-state index contributed by atoms with van der Waals surface area (Å²) in [5, 5.41) is 0. The number of hydrogen-bond donors (Lipinski definition) is 1. The first-order valence-electron chi connectivity index (χ1n) is 9.79. The first-order chi connectivity index (χ1) is 13.6. The summed E-state index contributed by atoms with van der Waals surface area (Å²) in [6.07, 6.45) is 6.40. The van der Waals surface area contributed by atoms with Crippen LogP contribution in [0.5, 0.6) is 0 Å². The van der Waals surface area contributed by atoms with Gasteiger partial charge >= 0.3 is 0 Å². The molecule has 2 amide bonds. The van der Waals surface area contributed by atoms with Gasteiger partial charge in [-0.2, -0.15) is 11.8 Å². The van der Waals surface area contributed by atoms with E-state index in [1.54, 1.807) is 24.2 Å². The number of furan rings is 1. The van der Waals surface area contributed by atoms with Gasteiger partial charge < -0.3 is 19.2 Å². The lowest BCUT2D eigenvalue weighted by Gasteiger charge is -2.50. The van der Waals surface area contributed by atoms with Crippen LogP contribution in [0.3, 0.4) is 0 Å².